The number of carbonyl (C=O) groups is 1. The van der Waals surface area contributed by atoms with Gasteiger partial charge in [0.15, 0.2) is 6.29 Å². The lowest BCUT2D eigenvalue weighted by Gasteiger charge is -2.46. The second-order valence-corrected chi connectivity index (χ2v) is 12.6. The van der Waals surface area contributed by atoms with Crippen LogP contribution in [0.1, 0.15) is 33.6 Å². The van der Waals surface area contributed by atoms with Crippen molar-refractivity contribution in [3.63, 3.8) is 0 Å². The van der Waals surface area contributed by atoms with E-state index in [-0.39, 0.29) is 11.1 Å². The lowest BCUT2D eigenvalue weighted by atomic mass is 10.1. The van der Waals surface area contributed by atoms with Gasteiger partial charge in [-0.3, -0.25) is 0 Å². The summed E-state index contributed by atoms with van der Waals surface area (Å²) in [7, 11) is -1.04. The fourth-order valence-corrected chi connectivity index (χ4v) is 8.86. The molecular formula is C23H30O4Si. The van der Waals surface area contributed by atoms with E-state index in [4.69, 9.17) is 13.9 Å². The molecule has 1 unspecified atom stereocenters. The molecule has 1 aliphatic heterocycles. The van der Waals surface area contributed by atoms with Gasteiger partial charge in [0.1, 0.15) is 12.4 Å². The smallest absolute Gasteiger partial charge is 0.261 e. The third-order valence-corrected chi connectivity index (χ3v) is 10.5. The Bertz CT molecular complexity index is 718. The SMILES string of the molecule is COC1C[C@H](O[Si](c2ccccc2)(c2ccccc2)C(C)(C)C)C[C@@H](C=O)O1. The summed E-state index contributed by atoms with van der Waals surface area (Å²) >= 11 is 0. The first-order valence-corrected chi connectivity index (χ1v) is 11.7. The highest BCUT2D eigenvalue weighted by Crippen LogP contribution is 2.39. The Kier molecular flexibility index (Phi) is 6.50. The molecule has 1 aliphatic rings. The number of aldehydes is 1. The van der Waals surface area contributed by atoms with E-state index in [1.165, 1.54) is 10.4 Å². The van der Waals surface area contributed by atoms with Crippen LogP contribution in [0.5, 0.6) is 0 Å². The van der Waals surface area contributed by atoms with E-state index >= 15 is 0 Å². The van der Waals surface area contributed by atoms with Gasteiger partial charge in [0.2, 0.25) is 0 Å². The normalized spacial score (nSPS) is 23.4. The average molecular weight is 399 g/mol. The van der Waals surface area contributed by atoms with Gasteiger partial charge in [-0.25, -0.2) is 0 Å². The topological polar surface area (TPSA) is 44.8 Å². The van der Waals surface area contributed by atoms with Gasteiger partial charge in [0.05, 0.1) is 6.10 Å². The van der Waals surface area contributed by atoms with Crippen LogP contribution in [0.4, 0.5) is 0 Å². The largest absolute Gasteiger partial charge is 0.404 e. The van der Waals surface area contributed by atoms with Crippen LogP contribution >= 0.6 is 0 Å². The van der Waals surface area contributed by atoms with Crippen LogP contribution in [0, 0.1) is 0 Å². The van der Waals surface area contributed by atoms with E-state index in [1.54, 1.807) is 7.11 Å². The molecule has 3 atom stereocenters. The van der Waals surface area contributed by atoms with Gasteiger partial charge in [-0.1, -0.05) is 81.4 Å². The lowest BCUT2D eigenvalue weighted by molar-refractivity contribution is -0.197. The van der Waals surface area contributed by atoms with Crippen molar-refractivity contribution in [2.45, 2.75) is 57.1 Å². The Morgan fingerprint density at radius 1 is 0.964 bits per heavy atom. The lowest BCUT2D eigenvalue weighted by Crippen LogP contribution is -2.68. The van der Waals surface area contributed by atoms with Gasteiger partial charge in [0.25, 0.3) is 8.32 Å². The molecule has 2 aromatic carbocycles. The molecular weight excluding hydrogens is 368 g/mol. The molecule has 3 rings (SSSR count). The molecule has 150 valence electrons. The minimum Gasteiger partial charge on any atom is -0.404 e. The Labute approximate surface area is 169 Å². The predicted molar refractivity (Wildman–Crippen MR) is 113 cm³/mol. The van der Waals surface area contributed by atoms with Gasteiger partial charge in [-0.05, 0) is 15.4 Å². The van der Waals surface area contributed by atoms with E-state index in [9.17, 15) is 4.79 Å². The van der Waals surface area contributed by atoms with E-state index in [0.29, 0.717) is 12.8 Å². The molecule has 0 amide bonds. The Balaban J connectivity index is 2.09. The molecule has 0 N–H and O–H groups in total. The summed E-state index contributed by atoms with van der Waals surface area (Å²) < 4.78 is 18.2. The highest BCUT2D eigenvalue weighted by molar-refractivity contribution is 6.99. The van der Waals surface area contributed by atoms with Crippen LogP contribution in [0.2, 0.25) is 5.04 Å². The van der Waals surface area contributed by atoms with Gasteiger partial charge in [0, 0.05) is 20.0 Å². The van der Waals surface area contributed by atoms with Gasteiger partial charge < -0.3 is 18.7 Å². The zero-order chi connectivity index (χ0) is 20.2. The Morgan fingerprint density at radius 2 is 1.50 bits per heavy atom. The first-order chi connectivity index (χ1) is 13.4. The van der Waals surface area contributed by atoms with Crippen molar-refractivity contribution in [2.75, 3.05) is 7.11 Å². The second kappa shape index (κ2) is 8.70. The number of methoxy groups -OCH3 is 1. The zero-order valence-corrected chi connectivity index (χ0v) is 18.1. The molecule has 0 radical (unpaired) electrons. The summed E-state index contributed by atoms with van der Waals surface area (Å²) in [4.78, 5) is 11.4. The maximum absolute atomic E-state index is 11.4. The fourth-order valence-electron chi connectivity index (χ4n) is 4.15. The summed E-state index contributed by atoms with van der Waals surface area (Å²) in [6.45, 7) is 6.76. The monoisotopic (exact) mass is 398 g/mol. The van der Waals surface area contributed by atoms with Crippen LogP contribution < -0.4 is 10.4 Å². The molecule has 28 heavy (non-hydrogen) atoms. The number of ether oxygens (including phenoxy) is 2. The molecule has 0 aromatic heterocycles. The van der Waals surface area contributed by atoms with Crippen molar-refractivity contribution in [3.8, 4) is 0 Å². The molecule has 0 aliphatic carbocycles. The summed E-state index contributed by atoms with van der Waals surface area (Å²) in [5, 5.41) is 2.36. The molecule has 0 bridgehead atoms. The molecule has 0 saturated carbocycles. The summed E-state index contributed by atoms with van der Waals surface area (Å²) in [5.74, 6) is 0. The van der Waals surface area contributed by atoms with Gasteiger partial charge in [-0.2, -0.15) is 0 Å². The van der Waals surface area contributed by atoms with Crippen molar-refractivity contribution >= 4 is 25.0 Å². The number of rotatable bonds is 6. The van der Waals surface area contributed by atoms with Crippen molar-refractivity contribution < 1.29 is 18.7 Å². The first-order valence-electron chi connectivity index (χ1n) is 9.83. The minimum absolute atomic E-state index is 0.104. The number of benzene rings is 2. The number of carbonyl (C=O) groups excluding carboxylic acids is 1. The van der Waals surface area contributed by atoms with Crippen LogP contribution in [-0.2, 0) is 18.7 Å². The maximum atomic E-state index is 11.4. The molecule has 4 nitrogen and oxygen atoms in total. The fraction of sp³-hybridized carbons (Fsp3) is 0.435. The van der Waals surface area contributed by atoms with E-state index in [0.717, 1.165) is 6.29 Å². The Hall–Kier alpha value is -1.79. The minimum atomic E-state index is -2.65. The maximum Gasteiger partial charge on any atom is 0.261 e. The highest BCUT2D eigenvalue weighted by atomic mass is 28.4. The van der Waals surface area contributed by atoms with Crippen molar-refractivity contribution in [3.05, 3.63) is 60.7 Å². The molecule has 1 heterocycles. The number of hydrogen-bond donors (Lipinski definition) is 0. The predicted octanol–water partition coefficient (Wildman–Crippen LogP) is 3.28. The van der Waals surface area contributed by atoms with Crippen LogP contribution in [0.25, 0.3) is 0 Å². The van der Waals surface area contributed by atoms with Gasteiger partial charge in [-0.15, -0.1) is 0 Å². The standard InChI is InChI=1S/C23H30O4Si/c1-23(2,3)28(20-11-7-5-8-12-20,21-13-9-6-10-14-21)27-18-15-19(17-24)26-22(16-18)25-4/h5-14,17-19,22H,15-16H2,1-4H3/t18-,19+,22?/m1/s1. The molecule has 1 saturated heterocycles. The summed E-state index contributed by atoms with van der Waals surface area (Å²) in [6.07, 6.45) is 0.987. The second-order valence-electron chi connectivity index (χ2n) is 8.35. The molecule has 5 heteroatoms. The van der Waals surface area contributed by atoms with Crippen molar-refractivity contribution in [1.82, 2.24) is 0 Å². The third-order valence-electron chi connectivity index (χ3n) is 5.45. The zero-order valence-electron chi connectivity index (χ0n) is 17.1. The van der Waals surface area contributed by atoms with E-state index < -0.39 is 20.7 Å². The van der Waals surface area contributed by atoms with Gasteiger partial charge >= 0.3 is 0 Å². The van der Waals surface area contributed by atoms with Crippen LogP contribution in [0.15, 0.2) is 60.7 Å². The van der Waals surface area contributed by atoms with Crippen molar-refractivity contribution in [2.24, 2.45) is 0 Å². The average Bonchev–Trinajstić information content (AvgIpc) is 2.72. The van der Waals surface area contributed by atoms with Crippen LogP contribution in [0.3, 0.4) is 0 Å². The van der Waals surface area contributed by atoms with Crippen molar-refractivity contribution in [1.29, 1.82) is 0 Å². The third kappa shape index (κ3) is 4.13. The molecule has 2 aromatic rings. The Morgan fingerprint density at radius 3 is 1.93 bits per heavy atom. The van der Waals surface area contributed by atoms with Crippen LogP contribution in [-0.4, -0.2) is 40.2 Å². The van der Waals surface area contributed by atoms with E-state index in [2.05, 4.69) is 69.3 Å². The number of hydrogen-bond acceptors (Lipinski definition) is 4. The summed E-state index contributed by atoms with van der Waals surface area (Å²) in [5.41, 5.74) is 0. The highest BCUT2D eigenvalue weighted by Gasteiger charge is 2.52. The molecule has 1 fully saturated rings. The van der Waals surface area contributed by atoms with E-state index in [1.807, 2.05) is 12.1 Å². The quantitative estimate of drug-likeness (QED) is 0.553. The summed E-state index contributed by atoms with van der Waals surface area (Å²) in [6, 6.07) is 21.1. The first kappa shape index (κ1) is 20.9. The molecule has 0 spiro atoms.